The van der Waals surface area contributed by atoms with Gasteiger partial charge < -0.3 is 9.64 Å². The molecule has 1 aromatic heterocycles. The zero-order valence-electron chi connectivity index (χ0n) is 17.0. The Hall–Kier alpha value is -3.40. The number of benzene rings is 2. The predicted molar refractivity (Wildman–Crippen MR) is 120 cm³/mol. The minimum Gasteiger partial charge on any atom is -0.490 e. The minimum absolute atomic E-state index is 0.151. The fourth-order valence-corrected chi connectivity index (χ4v) is 3.62. The molecule has 0 N–H and O–H groups in total. The van der Waals surface area contributed by atoms with Crippen molar-refractivity contribution in [3.8, 4) is 5.75 Å². The number of piperidine rings is 1. The maximum Gasteiger partial charge on any atom is 0.227 e. The van der Waals surface area contributed by atoms with Crippen LogP contribution in [0.2, 0.25) is 0 Å². The molecule has 3 aromatic rings. The van der Waals surface area contributed by atoms with Crippen molar-refractivity contribution >= 4 is 18.1 Å². The second-order valence-electron chi connectivity index (χ2n) is 7.55. The van der Waals surface area contributed by atoms with Gasteiger partial charge in [0.15, 0.2) is 0 Å². The van der Waals surface area contributed by atoms with Gasteiger partial charge in [-0.2, -0.15) is 0 Å². The van der Waals surface area contributed by atoms with Gasteiger partial charge >= 0.3 is 0 Å². The summed E-state index contributed by atoms with van der Waals surface area (Å²) >= 11 is 0. The van der Waals surface area contributed by atoms with E-state index in [0.29, 0.717) is 6.42 Å². The number of nitrogens with zero attached hydrogens (tertiary/aromatic N) is 2. The summed E-state index contributed by atoms with van der Waals surface area (Å²) in [4.78, 5) is 18.5. The zero-order valence-corrected chi connectivity index (χ0v) is 17.0. The smallest absolute Gasteiger partial charge is 0.227 e. The molecule has 0 radical (unpaired) electrons. The molecule has 0 aliphatic carbocycles. The highest BCUT2D eigenvalue weighted by Gasteiger charge is 2.24. The summed E-state index contributed by atoms with van der Waals surface area (Å²) in [5.74, 6) is 1.04. The topological polar surface area (TPSA) is 42.4 Å². The van der Waals surface area contributed by atoms with Crippen LogP contribution in [0.25, 0.3) is 12.2 Å². The summed E-state index contributed by atoms with van der Waals surface area (Å²) in [5.41, 5.74) is 3.28. The van der Waals surface area contributed by atoms with Crippen molar-refractivity contribution in [1.82, 2.24) is 9.88 Å². The van der Waals surface area contributed by atoms with Gasteiger partial charge in [-0.1, -0.05) is 60.7 Å². The average Bonchev–Trinajstić information content (AvgIpc) is 2.80. The second kappa shape index (κ2) is 9.88. The number of amides is 1. The van der Waals surface area contributed by atoms with E-state index in [1.165, 1.54) is 5.56 Å². The molecule has 2 aromatic carbocycles. The van der Waals surface area contributed by atoms with Crippen LogP contribution in [0, 0.1) is 0 Å². The van der Waals surface area contributed by atoms with E-state index in [4.69, 9.17) is 4.74 Å². The third-order valence-corrected chi connectivity index (χ3v) is 5.32. The van der Waals surface area contributed by atoms with Crippen LogP contribution in [0.15, 0.2) is 79.1 Å². The molecule has 0 unspecified atom stereocenters. The fraction of sp³-hybridized carbons (Fsp3) is 0.231. The molecule has 0 spiro atoms. The molecule has 30 heavy (non-hydrogen) atoms. The van der Waals surface area contributed by atoms with Crippen molar-refractivity contribution in [1.29, 1.82) is 0 Å². The van der Waals surface area contributed by atoms with Gasteiger partial charge in [-0.3, -0.25) is 9.78 Å². The minimum atomic E-state index is 0.151. The van der Waals surface area contributed by atoms with Gasteiger partial charge in [-0.15, -0.1) is 0 Å². The molecule has 1 amide bonds. The van der Waals surface area contributed by atoms with Gasteiger partial charge in [0.2, 0.25) is 5.91 Å². The Morgan fingerprint density at radius 1 is 0.933 bits per heavy atom. The molecule has 4 heteroatoms. The first-order chi connectivity index (χ1) is 14.8. The van der Waals surface area contributed by atoms with E-state index in [-0.39, 0.29) is 12.0 Å². The average molecular weight is 399 g/mol. The Bertz CT molecular complexity index is 961. The van der Waals surface area contributed by atoms with Crippen molar-refractivity contribution in [3.63, 3.8) is 0 Å². The lowest BCUT2D eigenvalue weighted by Crippen LogP contribution is -2.42. The summed E-state index contributed by atoms with van der Waals surface area (Å²) in [6, 6.07) is 22.2. The number of carbonyl (C=O) groups is 1. The number of rotatable bonds is 6. The predicted octanol–water partition coefficient (Wildman–Crippen LogP) is 4.86. The fourth-order valence-electron chi connectivity index (χ4n) is 3.62. The molecule has 4 nitrogen and oxygen atoms in total. The molecule has 1 aliphatic heterocycles. The molecule has 152 valence electrons. The Kier molecular flexibility index (Phi) is 6.55. The normalized spacial score (nSPS) is 14.7. The van der Waals surface area contributed by atoms with Crippen molar-refractivity contribution < 1.29 is 9.53 Å². The number of hydrogen-bond donors (Lipinski definition) is 0. The van der Waals surface area contributed by atoms with Crippen LogP contribution in [0.4, 0.5) is 0 Å². The largest absolute Gasteiger partial charge is 0.490 e. The first kappa shape index (κ1) is 19.9. The summed E-state index contributed by atoms with van der Waals surface area (Å²) < 4.78 is 6.15. The summed E-state index contributed by atoms with van der Waals surface area (Å²) in [6.07, 6.45) is 9.97. The standard InChI is InChI=1S/C26H26N2O2/c29-26(19-23-7-4-16-27-20-23)28-17-14-25(15-18-28)30-24-12-10-22(11-13-24)9-8-21-5-2-1-3-6-21/h1-13,16,20,25H,14-15,17-19H2/b9-8+. The number of hydrogen-bond acceptors (Lipinski definition) is 3. The van der Waals surface area contributed by atoms with Crippen molar-refractivity contribution in [2.75, 3.05) is 13.1 Å². The Labute approximate surface area is 177 Å². The zero-order chi connectivity index (χ0) is 20.6. The number of likely N-dealkylation sites (tertiary alicyclic amines) is 1. The van der Waals surface area contributed by atoms with E-state index in [1.54, 1.807) is 12.4 Å². The lowest BCUT2D eigenvalue weighted by atomic mass is 10.1. The highest BCUT2D eigenvalue weighted by atomic mass is 16.5. The van der Waals surface area contributed by atoms with E-state index < -0.39 is 0 Å². The number of aromatic nitrogens is 1. The maximum absolute atomic E-state index is 12.5. The van der Waals surface area contributed by atoms with Crippen LogP contribution in [0.3, 0.4) is 0 Å². The summed E-state index contributed by atoms with van der Waals surface area (Å²) in [5, 5.41) is 0. The van der Waals surface area contributed by atoms with Gasteiger partial charge in [-0.25, -0.2) is 0 Å². The van der Waals surface area contributed by atoms with Crippen LogP contribution < -0.4 is 4.74 Å². The van der Waals surface area contributed by atoms with Crippen LogP contribution in [0.1, 0.15) is 29.5 Å². The van der Waals surface area contributed by atoms with Gasteiger partial charge in [-0.05, 0) is 34.9 Å². The van der Waals surface area contributed by atoms with E-state index >= 15 is 0 Å². The van der Waals surface area contributed by atoms with E-state index in [9.17, 15) is 4.79 Å². The van der Waals surface area contributed by atoms with Crippen molar-refractivity contribution in [2.24, 2.45) is 0 Å². The van der Waals surface area contributed by atoms with E-state index in [1.807, 2.05) is 47.4 Å². The highest BCUT2D eigenvalue weighted by Crippen LogP contribution is 2.21. The third-order valence-electron chi connectivity index (χ3n) is 5.32. The lowest BCUT2D eigenvalue weighted by Gasteiger charge is -2.32. The van der Waals surface area contributed by atoms with Crippen LogP contribution in [-0.2, 0) is 11.2 Å². The SMILES string of the molecule is O=C(Cc1cccnc1)N1CCC(Oc2ccc(/C=C/c3ccccc3)cc2)CC1. The molecular formula is C26H26N2O2. The number of pyridine rings is 1. The van der Waals surface area contributed by atoms with Crippen molar-refractivity contribution in [2.45, 2.75) is 25.4 Å². The van der Waals surface area contributed by atoms with Crippen LogP contribution >= 0.6 is 0 Å². The molecule has 4 rings (SSSR count). The van der Waals surface area contributed by atoms with Crippen LogP contribution in [0.5, 0.6) is 5.75 Å². The molecule has 1 saturated heterocycles. The Balaban J connectivity index is 1.25. The van der Waals surface area contributed by atoms with E-state index in [0.717, 1.165) is 42.8 Å². The quantitative estimate of drug-likeness (QED) is 0.557. The first-order valence-corrected chi connectivity index (χ1v) is 10.4. The second-order valence-corrected chi connectivity index (χ2v) is 7.55. The van der Waals surface area contributed by atoms with E-state index in [2.05, 4.69) is 41.4 Å². The maximum atomic E-state index is 12.5. The number of carbonyl (C=O) groups excluding carboxylic acids is 1. The van der Waals surface area contributed by atoms with Gasteiger partial charge in [0.1, 0.15) is 11.9 Å². The van der Waals surface area contributed by atoms with Gasteiger partial charge in [0.25, 0.3) is 0 Å². The third kappa shape index (κ3) is 5.57. The monoisotopic (exact) mass is 398 g/mol. The summed E-state index contributed by atoms with van der Waals surface area (Å²) in [6.45, 7) is 1.48. The Morgan fingerprint density at radius 2 is 1.63 bits per heavy atom. The van der Waals surface area contributed by atoms with Crippen molar-refractivity contribution in [3.05, 3.63) is 95.8 Å². The molecule has 1 fully saturated rings. The van der Waals surface area contributed by atoms with Gasteiger partial charge in [0.05, 0.1) is 6.42 Å². The highest BCUT2D eigenvalue weighted by molar-refractivity contribution is 5.78. The Morgan fingerprint density at radius 3 is 2.30 bits per heavy atom. The lowest BCUT2D eigenvalue weighted by molar-refractivity contribution is -0.132. The number of ether oxygens (including phenoxy) is 1. The van der Waals surface area contributed by atoms with Crippen LogP contribution in [-0.4, -0.2) is 35.0 Å². The first-order valence-electron chi connectivity index (χ1n) is 10.4. The molecule has 2 heterocycles. The molecular weight excluding hydrogens is 372 g/mol. The summed E-state index contributed by atoms with van der Waals surface area (Å²) in [7, 11) is 0. The molecule has 0 saturated carbocycles. The molecule has 0 atom stereocenters. The van der Waals surface area contributed by atoms with Gasteiger partial charge in [0, 0.05) is 38.3 Å². The molecule has 0 bridgehead atoms. The molecule has 1 aliphatic rings.